The van der Waals surface area contributed by atoms with Crippen molar-refractivity contribution >= 4 is 57.9 Å². The van der Waals surface area contributed by atoms with Gasteiger partial charge >= 0.3 is 5.97 Å². The third-order valence-corrected chi connectivity index (χ3v) is 10.5. The number of hydrogen-bond acceptors (Lipinski definition) is 13. The van der Waals surface area contributed by atoms with Gasteiger partial charge < -0.3 is 40.7 Å². The van der Waals surface area contributed by atoms with Gasteiger partial charge in [-0.05, 0) is 79.6 Å². The van der Waals surface area contributed by atoms with Crippen molar-refractivity contribution in [3.05, 3.63) is 86.5 Å². The number of carbonyl (C=O) groups excluding carboxylic acids is 3. The summed E-state index contributed by atoms with van der Waals surface area (Å²) in [5, 5.41) is 17.5. The first-order valence-corrected chi connectivity index (χ1v) is 20.6. The molecule has 6 rings (SSSR count). The van der Waals surface area contributed by atoms with Gasteiger partial charge in [-0.25, -0.2) is 19.4 Å². The Kier molecular flexibility index (Phi) is 14.5. The fraction of sp³-hybridized carbons (Fsp3) is 0.452. The summed E-state index contributed by atoms with van der Waals surface area (Å²) in [7, 11) is 5.27. The van der Waals surface area contributed by atoms with E-state index in [1.807, 2.05) is 69.4 Å². The number of anilines is 2. The van der Waals surface area contributed by atoms with Gasteiger partial charge in [0.1, 0.15) is 22.8 Å². The number of carbonyl (C=O) groups is 3. The fourth-order valence-electron chi connectivity index (χ4n) is 6.64. The van der Waals surface area contributed by atoms with E-state index in [1.165, 1.54) is 21.9 Å². The van der Waals surface area contributed by atoms with Gasteiger partial charge in [-0.1, -0.05) is 32.9 Å². The number of rotatable bonds is 12. The predicted octanol–water partition coefficient (Wildman–Crippen LogP) is 1.38. The van der Waals surface area contributed by atoms with Gasteiger partial charge in [0.15, 0.2) is 24.0 Å². The Bertz CT molecular complexity index is 2450. The second-order valence-corrected chi connectivity index (χ2v) is 18.3. The summed E-state index contributed by atoms with van der Waals surface area (Å²) in [5.41, 5.74) is 1.53. The summed E-state index contributed by atoms with van der Waals surface area (Å²) in [6.45, 7) is 13.9. The Morgan fingerprint density at radius 3 is 2.36 bits per heavy atom. The van der Waals surface area contributed by atoms with E-state index in [0.717, 1.165) is 17.0 Å². The summed E-state index contributed by atoms with van der Waals surface area (Å²) < 4.78 is 14.0. The number of pyridine rings is 1. The molecule has 1 aliphatic heterocycles. The number of nitrogens with zero attached hydrogens (tertiary/aromatic N) is 10. The molecule has 1 aromatic carbocycles. The first kappa shape index (κ1) is 46.5. The number of halogens is 1. The number of hydrogen-bond donors (Lipinski definition) is 1. The van der Waals surface area contributed by atoms with Gasteiger partial charge in [-0.15, -0.1) is 16.4 Å². The van der Waals surface area contributed by atoms with E-state index in [-0.39, 0.29) is 74.5 Å². The summed E-state index contributed by atoms with van der Waals surface area (Å²) in [5.74, 6) is 0.707. The van der Waals surface area contributed by atoms with Gasteiger partial charge in [-0.3, -0.25) is 24.1 Å². The van der Waals surface area contributed by atoms with Crippen LogP contribution in [0, 0.1) is 0 Å². The minimum absolute atomic E-state index is 0. The molecule has 17 nitrogen and oxygen atoms in total. The van der Waals surface area contributed by atoms with Crippen molar-refractivity contribution < 1.29 is 45.3 Å². The van der Waals surface area contributed by atoms with Crippen molar-refractivity contribution in [2.24, 2.45) is 0 Å². The van der Waals surface area contributed by atoms with Crippen molar-refractivity contribution in [1.29, 1.82) is 0 Å². The quantitative estimate of drug-likeness (QED) is 0.141. The van der Waals surface area contributed by atoms with Crippen molar-refractivity contribution in [2.75, 3.05) is 70.7 Å². The van der Waals surface area contributed by atoms with Gasteiger partial charge in [-0.2, -0.15) is 0 Å². The molecule has 0 atom stereocenters. The maximum Gasteiger partial charge on any atom is 0.362 e. The van der Waals surface area contributed by atoms with Crippen LogP contribution in [0.15, 0.2) is 52.8 Å². The maximum atomic E-state index is 14.4. The highest BCUT2D eigenvalue weighted by Crippen LogP contribution is 2.27. The molecule has 19 heteroatoms. The van der Waals surface area contributed by atoms with Gasteiger partial charge in [0.2, 0.25) is 0 Å². The molecule has 0 unspecified atom stereocenters. The van der Waals surface area contributed by atoms with Crippen LogP contribution in [0.5, 0.6) is 5.75 Å². The largest absolute Gasteiger partial charge is 1.00 e. The van der Waals surface area contributed by atoms with Crippen LogP contribution in [-0.4, -0.2) is 128 Å². The molecule has 61 heavy (non-hydrogen) atoms. The van der Waals surface area contributed by atoms with E-state index in [0.29, 0.717) is 61.5 Å². The zero-order chi connectivity index (χ0) is 43.4. The van der Waals surface area contributed by atoms with Gasteiger partial charge in [0.05, 0.1) is 39.0 Å². The average Bonchev–Trinajstić information content (AvgIpc) is 3.75. The molecule has 0 saturated carbocycles. The van der Waals surface area contributed by atoms with E-state index >= 15 is 0 Å². The zero-order valence-electron chi connectivity index (χ0n) is 36.1. The second-order valence-electron chi connectivity index (χ2n) is 17.5. The molecule has 1 N–H and O–H groups in total. The number of fused-ring (bicyclic) bond motifs is 1. The zero-order valence-corrected chi connectivity index (χ0v) is 38.5. The topological polar surface area (TPSA) is 179 Å². The molecule has 1 fully saturated rings. The molecular formula is C42H54BrN11O6S. The molecule has 1 aliphatic rings. The third-order valence-electron chi connectivity index (χ3n) is 9.74. The molecule has 5 heterocycles. The Hall–Kier alpha value is -5.53. The summed E-state index contributed by atoms with van der Waals surface area (Å²) in [6, 6.07) is 10.7. The normalized spacial score (nSPS) is 13.9. The van der Waals surface area contributed by atoms with E-state index < -0.39 is 5.60 Å². The molecular weight excluding hydrogens is 867 g/mol. The molecule has 5 aromatic rings. The third kappa shape index (κ3) is 12.1. The van der Waals surface area contributed by atoms with E-state index in [2.05, 4.69) is 46.6 Å². The molecule has 0 aliphatic carbocycles. The number of quaternary nitrogens is 1. The number of tetrazole rings is 1. The molecule has 0 spiro atoms. The molecule has 1 saturated heterocycles. The number of ether oxygens (including phenoxy) is 2. The number of benzene rings is 1. The summed E-state index contributed by atoms with van der Waals surface area (Å²) in [4.78, 5) is 67.5. The monoisotopic (exact) mass is 919 g/mol. The number of esters is 1. The first-order chi connectivity index (χ1) is 28.3. The lowest BCUT2D eigenvalue weighted by Gasteiger charge is -2.32. The number of amides is 2. The molecule has 2 amide bonds. The number of thiazole rings is 1. The van der Waals surface area contributed by atoms with Crippen LogP contribution in [0.4, 0.5) is 10.9 Å². The smallest absolute Gasteiger partial charge is 0.362 e. The lowest BCUT2D eigenvalue weighted by atomic mass is 9.93. The minimum atomic E-state index is -0.624. The standard InChI is InChI=1S/C42H53N11O6S.BrH/c1-41(2,3)32-27-60-40(43-32)45-38(56)29-17-20-51-34(23-29)44-37(31(39(51)57)15-16-33-46-47-48-52(33)24-28-11-13-30(58-9)14-12-28)50-19-10-18-49(21-22-50)35(54)25-53(7,8)26-36(55)59-42(4,5)6;/h11-17,20,23,27H,10,18-19,21-22,24-26H2,1-9H3;1H/b16-15+;. The van der Waals surface area contributed by atoms with Crippen LogP contribution in [0.25, 0.3) is 17.8 Å². The van der Waals surface area contributed by atoms with Crippen LogP contribution in [0.1, 0.15) is 81.0 Å². The van der Waals surface area contributed by atoms with Crippen molar-refractivity contribution in [3.8, 4) is 5.75 Å². The summed E-state index contributed by atoms with van der Waals surface area (Å²) >= 11 is 1.35. The van der Waals surface area contributed by atoms with E-state index in [9.17, 15) is 19.2 Å². The van der Waals surface area contributed by atoms with E-state index in [4.69, 9.17) is 14.5 Å². The van der Waals surface area contributed by atoms with Crippen LogP contribution in [0.2, 0.25) is 0 Å². The first-order valence-electron chi connectivity index (χ1n) is 19.8. The molecule has 326 valence electrons. The highest BCUT2D eigenvalue weighted by atomic mass is 79.9. The fourth-order valence-corrected chi connectivity index (χ4v) is 7.57. The summed E-state index contributed by atoms with van der Waals surface area (Å²) in [6.07, 6.45) is 5.48. The Morgan fingerprint density at radius 2 is 1.69 bits per heavy atom. The SMILES string of the molecule is COc1ccc(Cn2nnnc2/C=C/c2c(N3CCCN(C(=O)C[N+](C)(C)CC(=O)OC(C)(C)C)CC3)nc3cc(C(=O)Nc4nc(C(C)(C)C)cs4)ccn3c2=O)cc1.[Br-]. The lowest BCUT2D eigenvalue weighted by molar-refractivity contribution is -0.875. The predicted molar refractivity (Wildman–Crippen MR) is 230 cm³/mol. The Morgan fingerprint density at radius 1 is 0.951 bits per heavy atom. The molecule has 4 aromatic heterocycles. The van der Waals surface area contributed by atoms with E-state index in [1.54, 1.807) is 41.0 Å². The van der Waals surface area contributed by atoms with Crippen LogP contribution in [0.3, 0.4) is 0 Å². The average molecular weight is 921 g/mol. The highest BCUT2D eigenvalue weighted by molar-refractivity contribution is 7.14. The highest BCUT2D eigenvalue weighted by Gasteiger charge is 2.31. The number of aromatic nitrogens is 7. The lowest BCUT2D eigenvalue weighted by Crippen LogP contribution is -3.00. The Labute approximate surface area is 369 Å². The van der Waals surface area contributed by atoms with Gasteiger partial charge in [0.25, 0.3) is 17.4 Å². The molecule has 0 radical (unpaired) electrons. The van der Waals surface area contributed by atoms with Crippen molar-refractivity contribution in [1.82, 2.24) is 39.5 Å². The van der Waals surface area contributed by atoms with Crippen molar-refractivity contribution in [3.63, 3.8) is 0 Å². The number of nitrogens with one attached hydrogen (secondary N) is 1. The second kappa shape index (κ2) is 19.0. The van der Waals surface area contributed by atoms with Gasteiger partial charge in [0, 0.05) is 48.7 Å². The number of methoxy groups -OCH3 is 1. The Balaban J connectivity index is 0.00000704. The molecule has 0 bridgehead atoms. The van der Waals surface area contributed by atoms with Crippen LogP contribution >= 0.6 is 11.3 Å². The minimum Gasteiger partial charge on any atom is -1.00 e. The number of likely N-dealkylation sites (N-methyl/N-ethyl adjacent to an activating group) is 1. The van der Waals surface area contributed by atoms with Crippen LogP contribution in [-0.2, 0) is 26.3 Å². The van der Waals surface area contributed by atoms with Crippen molar-refractivity contribution in [2.45, 2.75) is 65.5 Å². The van der Waals surface area contributed by atoms with Crippen LogP contribution < -0.4 is 37.5 Å². The maximum absolute atomic E-state index is 14.4.